The molecule has 6 fully saturated rings. The number of aliphatic hydroxyl groups is 2. The summed E-state index contributed by atoms with van der Waals surface area (Å²) < 4.78 is 18.3. The van der Waals surface area contributed by atoms with Crippen molar-refractivity contribution >= 4 is 11.8 Å². The predicted octanol–water partition coefficient (Wildman–Crippen LogP) is 3.98. The number of rotatable bonds is 1. The van der Waals surface area contributed by atoms with Gasteiger partial charge in [-0.25, -0.2) is 0 Å². The van der Waals surface area contributed by atoms with Gasteiger partial charge in [-0.05, 0) is 74.5 Å². The molecule has 0 aromatic carbocycles. The van der Waals surface area contributed by atoms with Crippen molar-refractivity contribution in [3.63, 3.8) is 0 Å². The summed E-state index contributed by atoms with van der Waals surface area (Å²) in [4.78, 5) is 25.8. The molecule has 7 nitrogen and oxygen atoms in total. The number of Topliss-reactive ketones (excluding diaryl/α,β-unsaturated/α-hetero) is 1. The van der Waals surface area contributed by atoms with Crippen molar-refractivity contribution in [3.8, 4) is 0 Å². The van der Waals surface area contributed by atoms with Crippen LogP contribution in [0.25, 0.3) is 0 Å². The van der Waals surface area contributed by atoms with Gasteiger partial charge in [0.05, 0.1) is 17.6 Å². The van der Waals surface area contributed by atoms with Crippen LogP contribution >= 0.6 is 0 Å². The zero-order valence-corrected chi connectivity index (χ0v) is 22.5. The predicted molar refractivity (Wildman–Crippen MR) is 130 cm³/mol. The molecule has 0 radical (unpaired) electrons. The average Bonchev–Trinajstić information content (AvgIpc) is 3.12. The number of ether oxygens (including phenoxy) is 3. The van der Waals surface area contributed by atoms with Crippen molar-refractivity contribution in [2.75, 3.05) is 6.61 Å². The Labute approximate surface area is 214 Å². The highest BCUT2D eigenvalue weighted by molar-refractivity contribution is 5.88. The van der Waals surface area contributed by atoms with E-state index >= 15 is 0 Å². The Morgan fingerprint density at radius 3 is 2.47 bits per heavy atom. The topological polar surface area (TPSA) is 102 Å². The van der Waals surface area contributed by atoms with Gasteiger partial charge in [0, 0.05) is 38.0 Å². The van der Waals surface area contributed by atoms with E-state index < -0.39 is 28.5 Å². The molecule has 12 atom stereocenters. The van der Waals surface area contributed by atoms with Gasteiger partial charge in [0.2, 0.25) is 0 Å². The molecule has 1 spiro atoms. The molecule has 36 heavy (non-hydrogen) atoms. The second-order valence-corrected chi connectivity index (χ2v) is 13.9. The monoisotopic (exact) mass is 504 g/mol. The van der Waals surface area contributed by atoms with Gasteiger partial charge in [0.25, 0.3) is 0 Å². The minimum absolute atomic E-state index is 0.0542. The van der Waals surface area contributed by atoms with Crippen molar-refractivity contribution in [1.29, 1.82) is 0 Å². The third-order valence-electron chi connectivity index (χ3n) is 12.2. The lowest BCUT2D eigenvalue weighted by Gasteiger charge is -2.63. The number of carbonyl (C=O) groups excluding carboxylic acids is 2. The molecular formula is C29H44O7. The highest BCUT2D eigenvalue weighted by atomic mass is 16.8. The summed E-state index contributed by atoms with van der Waals surface area (Å²) in [5, 5.41) is 24.6. The molecule has 2 saturated heterocycles. The lowest BCUT2D eigenvalue weighted by Crippen LogP contribution is -2.66. The highest BCUT2D eigenvalue weighted by Gasteiger charge is 2.82. The number of fused-ring (bicyclic) bond motifs is 7. The Kier molecular flexibility index (Phi) is 5.45. The number of carbonyl (C=O) groups is 2. The van der Waals surface area contributed by atoms with Gasteiger partial charge in [0.1, 0.15) is 11.9 Å². The number of hydrogen-bond acceptors (Lipinski definition) is 7. The van der Waals surface area contributed by atoms with Gasteiger partial charge in [-0.15, -0.1) is 0 Å². The maximum absolute atomic E-state index is 14.2. The van der Waals surface area contributed by atoms with E-state index in [2.05, 4.69) is 13.8 Å². The van der Waals surface area contributed by atoms with Crippen molar-refractivity contribution in [2.24, 2.45) is 46.3 Å². The lowest BCUT2D eigenvalue weighted by molar-refractivity contribution is -0.335. The third kappa shape index (κ3) is 3.06. The molecule has 7 heteroatoms. The zero-order valence-electron chi connectivity index (χ0n) is 22.5. The molecule has 4 saturated carbocycles. The van der Waals surface area contributed by atoms with E-state index in [9.17, 15) is 19.8 Å². The lowest BCUT2D eigenvalue weighted by atomic mass is 9.42. The molecule has 2 aliphatic heterocycles. The molecule has 2 heterocycles. The fourth-order valence-corrected chi connectivity index (χ4v) is 10.4. The Morgan fingerprint density at radius 1 is 1.06 bits per heavy atom. The summed E-state index contributed by atoms with van der Waals surface area (Å²) in [6, 6.07) is 0. The van der Waals surface area contributed by atoms with E-state index in [1.807, 2.05) is 13.8 Å². The van der Waals surface area contributed by atoms with Gasteiger partial charge in [0.15, 0.2) is 11.6 Å². The Bertz CT molecular complexity index is 957. The van der Waals surface area contributed by atoms with Crippen molar-refractivity contribution in [3.05, 3.63) is 0 Å². The first-order valence-electron chi connectivity index (χ1n) is 14.3. The molecular weight excluding hydrogens is 460 g/mol. The molecule has 0 bridgehead atoms. The largest absolute Gasteiger partial charge is 0.463 e. The minimum atomic E-state index is -1.57. The number of hydrogen-bond donors (Lipinski definition) is 2. The van der Waals surface area contributed by atoms with Crippen LogP contribution in [-0.4, -0.2) is 51.9 Å². The van der Waals surface area contributed by atoms with E-state index in [-0.39, 0.29) is 47.4 Å². The first kappa shape index (κ1) is 25.3. The van der Waals surface area contributed by atoms with Crippen LogP contribution in [0.3, 0.4) is 0 Å². The zero-order chi connectivity index (χ0) is 25.9. The summed E-state index contributed by atoms with van der Waals surface area (Å²) in [7, 11) is 0. The maximum Gasteiger partial charge on any atom is 0.302 e. The molecule has 0 aromatic heterocycles. The molecule has 4 unspecified atom stereocenters. The third-order valence-corrected chi connectivity index (χ3v) is 12.2. The van der Waals surface area contributed by atoms with E-state index in [1.54, 1.807) is 0 Å². The maximum atomic E-state index is 14.2. The Hall–Kier alpha value is -1.02. The molecule has 202 valence electrons. The molecule has 6 aliphatic rings. The quantitative estimate of drug-likeness (QED) is 0.521. The SMILES string of the molecule is CC(=O)O[C@H]1CC[C@@]2(C)C(CC[C@@H]3[C@@H]2CC(=O)[C@]2(C)C4[C@H](C)C5(CCC(C)CO5)O[C@@]4(O)C[C@]32O)C1. The van der Waals surface area contributed by atoms with Crippen LogP contribution < -0.4 is 0 Å². The molecule has 0 aromatic rings. The van der Waals surface area contributed by atoms with E-state index in [1.165, 1.54) is 6.92 Å². The normalized spacial score (nSPS) is 58.1. The summed E-state index contributed by atoms with van der Waals surface area (Å²) in [5.74, 6) is -2.53. The summed E-state index contributed by atoms with van der Waals surface area (Å²) in [6.45, 7) is 10.4. The highest BCUT2D eigenvalue weighted by Crippen LogP contribution is 2.74. The van der Waals surface area contributed by atoms with E-state index in [4.69, 9.17) is 14.2 Å². The fraction of sp³-hybridized carbons (Fsp3) is 0.931. The summed E-state index contributed by atoms with van der Waals surface area (Å²) >= 11 is 0. The van der Waals surface area contributed by atoms with E-state index in [0.717, 1.165) is 38.5 Å². The molecule has 2 N–H and O–H groups in total. The number of esters is 1. The van der Waals surface area contributed by atoms with Crippen LogP contribution in [0.4, 0.5) is 0 Å². The van der Waals surface area contributed by atoms with Crippen LogP contribution in [0.15, 0.2) is 0 Å². The fourth-order valence-electron chi connectivity index (χ4n) is 10.4. The van der Waals surface area contributed by atoms with Gasteiger partial charge >= 0.3 is 5.97 Å². The molecule has 4 aliphatic carbocycles. The minimum Gasteiger partial charge on any atom is -0.463 e. The van der Waals surface area contributed by atoms with Gasteiger partial charge in [-0.2, -0.15) is 0 Å². The Morgan fingerprint density at radius 2 is 1.81 bits per heavy atom. The smallest absolute Gasteiger partial charge is 0.302 e. The Balaban J connectivity index is 1.32. The second kappa shape index (κ2) is 7.77. The molecule has 6 rings (SSSR count). The van der Waals surface area contributed by atoms with E-state index in [0.29, 0.717) is 31.3 Å². The van der Waals surface area contributed by atoms with Crippen LogP contribution in [0.5, 0.6) is 0 Å². The number of ketones is 1. The van der Waals surface area contributed by atoms with Crippen LogP contribution in [0.2, 0.25) is 0 Å². The second-order valence-electron chi connectivity index (χ2n) is 13.9. The first-order valence-corrected chi connectivity index (χ1v) is 14.3. The first-order chi connectivity index (χ1) is 16.8. The van der Waals surface area contributed by atoms with Gasteiger partial charge < -0.3 is 24.4 Å². The summed E-state index contributed by atoms with van der Waals surface area (Å²) in [5.41, 5.74) is -2.48. The van der Waals surface area contributed by atoms with Crippen LogP contribution in [0, 0.1) is 46.3 Å². The van der Waals surface area contributed by atoms with Crippen LogP contribution in [0.1, 0.15) is 92.4 Å². The van der Waals surface area contributed by atoms with Crippen molar-refractivity contribution < 1.29 is 34.0 Å². The average molecular weight is 505 g/mol. The van der Waals surface area contributed by atoms with Gasteiger partial charge in [-0.1, -0.05) is 20.8 Å². The molecule has 0 amide bonds. The standard InChI is InChI=1S/C29H44O7/c1-16-8-11-29(34-14-16)17(2)24-26(5)23(31)13-22-21(27(26,32)15-28(24,33)36-29)7-6-19-12-20(35-18(3)30)9-10-25(19,22)4/h16-17,19-22,24,32-33H,6-15H2,1-5H3/t16?,17-,19?,20-,21+,22-,24?,25-,26+,27-,28-,29?/m0/s1. The van der Waals surface area contributed by atoms with Crippen molar-refractivity contribution in [1.82, 2.24) is 0 Å². The van der Waals surface area contributed by atoms with Crippen LogP contribution in [-0.2, 0) is 23.8 Å². The van der Waals surface area contributed by atoms with Gasteiger partial charge in [-0.3, -0.25) is 9.59 Å². The van der Waals surface area contributed by atoms with Crippen molar-refractivity contribution in [2.45, 2.75) is 116 Å². The summed E-state index contributed by atoms with van der Waals surface area (Å²) in [6.07, 6.45) is 6.35.